The Bertz CT molecular complexity index is 749. The zero-order valence-corrected chi connectivity index (χ0v) is 16.7. The number of rotatable bonds is 4. The lowest BCUT2D eigenvalue weighted by Crippen LogP contribution is -2.37. The molecule has 1 amide bonds. The molecule has 5 heteroatoms. The SMILES string of the molecule is CCOc1cccc2c1OCCCCCNC(=O)CN(Cc1ccccc1)C2. The Morgan fingerprint density at radius 1 is 1.04 bits per heavy atom. The van der Waals surface area contributed by atoms with Crippen LogP contribution in [0.3, 0.4) is 0 Å². The van der Waals surface area contributed by atoms with Gasteiger partial charge in [0.25, 0.3) is 0 Å². The van der Waals surface area contributed by atoms with E-state index in [0.717, 1.165) is 42.9 Å². The minimum atomic E-state index is 0.0682. The van der Waals surface area contributed by atoms with Gasteiger partial charge in [-0.2, -0.15) is 0 Å². The summed E-state index contributed by atoms with van der Waals surface area (Å²) in [6.07, 6.45) is 2.96. The van der Waals surface area contributed by atoms with Crippen molar-refractivity contribution >= 4 is 5.91 Å². The van der Waals surface area contributed by atoms with Crippen molar-refractivity contribution < 1.29 is 14.3 Å². The summed E-state index contributed by atoms with van der Waals surface area (Å²) in [5, 5.41) is 3.05. The van der Waals surface area contributed by atoms with Gasteiger partial charge in [-0.05, 0) is 37.8 Å². The summed E-state index contributed by atoms with van der Waals surface area (Å²) in [4.78, 5) is 14.6. The number of amides is 1. The van der Waals surface area contributed by atoms with Crippen molar-refractivity contribution in [3.05, 3.63) is 59.7 Å². The molecule has 1 aliphatic rings. The van der Waals surface area contributed by atoms with E-state index in [9.17, 15) is 4.79 Å². The van der Waals surface area contributed by atoms with Crippen molar-refractivity contribution in [1.82, 2.24) is 10.2 Å². The molecule has 2 aromatic rings. The van der Waals surface area contributed by atoms with Gasteiger partial charge in [0.1, 0.15) is 0 Å². The maximum Gasteiger partial charge on any atom is 0.234 e. The number of carbonyl (C=O) groups excluding carboxylic acids is 1. The molecule has 0 bridgehead atoms. The maximum absolute atomic E-state index is 12.5. The highest BCUT2D eigenvalue weighted by atomic mass is 16.5. The first kappa shape index (κ1) is 20.2. The fraction of sp³-hybridized carbons (Fsp3) is 0.435. The summed E-state index contributed by atoms with van der Waals surface area (Å²) in [5.41, 5.74) is 2.23. The predicted octanol–water partition coefficient (Wildman–Crippen LogP) is 3.77. The van der Waals surface area contributed by atoms with Gasteiger partial charge in [-0.3, -0.25) is 9.69 Å². The second-order valence-electron chi connectivity index (χ2n) is 7.07. The Morgan fingerprint density at radius 3 is 2.71 bits per heavy atom. The predicted molar refractivity (Wildman–Crippen MR) is 111 cm³/mol. The van der Waals surface area contributed by atoms with Crippen molar-refractivity contribution in [2.45, 2.75) is 39.3 Å². The Balaban J connectivity index is 1.87. The molecule has 5 nitrogen and oxygen atoms in total. The van der Waals surface area contributed by atoms with Crippen LogP contribution in [0.1, 0.15) is 37.3 Å². The first-order valence-corrected chi connectivity index (χ1v) is 10.2. The molecule has 0 radical (unpaired) electrons. The normalized spacial score (nSPS) is 16.5. The molecule has 0 saturated heterocycles. The van der Waals surface area contributed by atoms with Crippen LogP contribution in [0, 0.1) is 0 Å². The van der Waals surface area contributed by atoms with Crippen molar-refractivity contribution in [3.63, 3.8) is 0 Å². The number of ether oxygens (including phenoxy) is 2. The van der Waals surface area contributed by atoms with Gasteiger partial charge in [0, 0.05) is 25.2 Å². The molecule has 0 saturated carbocycles. The minimum absolute atomic E-state index is 0.0682. The number of para-hydroxylation sites is 1. The number of carbonyl (C=O) groups is 1. The Kier molecular flexibility index (Phi) is 7.73. The topological polar surface area (TPSA) is 50.8 Å². The van der Waals surface area contributed by atoms with E-state index < -0.39 is 0 Å². The number of hydrogen-bond acceptors (Lipinski definition) is 4. The minimum Gasteiger partial charge on any atom is -0.490 e. The number of nitrogens with one attached hydrogen (secondary N) is 1. The summed E-state index contributed by atoms with van der Waals surface area (Å²) < 4.78 is 12.0. The molecule has 0 unspecified atom stereocenters. The third kappa shape index (κ3) is 5.99. The van der Waals surface area contributed by atoms with Gasteiger partial charge in [0.2, 0.25) is 5.91 Å². The highest BCUT2D eigenvalue weighted by molar-refractivity contribution is 5.78. The molecule has 0 fully saturated rings. The molecule has 1 aliphatic heterocycles. The molecular weight excluding hydrogens is 352 g/mol. The smallest absolute Gasteiger partial charge is 0.234 e. The average Bonchev–Trinajstić information content (AvgIpc) is 2.70. The summed E-state index contributed by atoms with van der Waals surface area (Å²) in [6, 6.07) is 16.3. The number of nitrogens with zero attached hydrogens (tertiary/aromatic N) is 1. The monoisotopic (exact) mass is 382 g/mol. The van der Waals surface area contributed by atoms with E-state index >= 15 is 0 Å². The van der Waals surface area contributed by atoms with E-state index in [-0.39, 0.29) is 5.91 Å². The van der Waals surface area contributed by atoms with Gasteiger partial charge in [-0.1, -0.05) is 42.5 Å². The van der Waals surface area contributed by atoms with Crippen LogP contribution in [0.5, 0.6) is 11.5 Å². The fourth-order valence-electron chi connectivity index (χ4n) is 3.43. The molecule has 3 rings (SSSR count). The van der Waals surface area contributed by atoms with Crippen molar-refractivity contribution in [2.24, 2.45) is 0 Å². The Hall–Kier alpha value is -2.53. The van der Waals surface area contributed by atoms with Gasteiger partial charge in [-0.15, -0.1) is 0 Å². The van der Waals surface area contributed by atoms with E-state index in [0.29, 0.717) is 32.8 Å². The zero-order valence-electron chi connectivity index (χ0n) is 16.7. The summed E-state index contributed by atoms with van der Waals surface area (Å²) in [7, 11) is 0. The lowest BCUT2D eigenvalue weighted by molar-refractivity contribution is -0.122. The van der Waals surface area contributed by atoms with Crippen LogP contribution >= 0.6 is 0 Å². The molecule has 0 spiro atoms. The summed E-state index contributed by atoms with van der Waals surface area (Å²) in [6.45, 7) is 5.62. The van der Waals surface area contributed by atoms with E-state index in [1.807, 2.05) is 37.3 Å². The average molecular weight is 383 g/mol. The lowest BCUT2D eigenvalue weighted by atomic mass is 10.1. The molecule has 0 aliphatic carbocycles. The van der Waals surface area contributed by atoms with Crippen LogP contribution in [-0.2, 0) is 17.9 Å². The van der Waals surface area contributed by atoms with Crippen molar-refractivity contribution in [3.8, 4) is 11.5 Å². The molecule has 28 heavy (non-hydrogen) atoms. The molecule has 1 N–H and O–H groups in total. The highest BCUT2D eigenvalue weighted by Crippen LogP contribution is 2.33. The first-order chi connectivity index (χ1) is 13.8. The van der Waals surface area contributed by atoms with E-state index in [1.54, 1.807) is 0 Å². The Labute approximate surface area is 167 Å². The van der Waals surface area contributed by atoms with Gasteiger partial charge >= 0.3 is 0 Å². The van der Waals surface area contributed by atoms with Gasteiger partial charge in [0.05, 0.1) is 19.8 Å². The quantitative estimate of drug-likeness (QED) is 0.875. The largest absolute Gasteiger partial charge is 0.490 e. The molecular formula is C23H30N2O3. The molecule has 150 valence electrons. The van der Waals surface area contributed by atoms with Gasteiger partial charge < -0.3 is 14.8 Å². The van der Waals surface area contributed by atoms with Crippen LogP contribution in [0.25, 0.3) is 0 Å². The van der Waals surface area contributed by atoms with Crippen LogP contribution in [0.15, 0.2) is 48.5 Å². The number of hydrogen-bond donors (Lipinski definition) is 1. The molecule has 1 heterocycles. The standard InChI is InChI=1S/C23H30N2O3/c1-2-27-21-13-9-12-20-17-25(16-19-10-5-3-6-11-19)18-22(26)24-14-7-4-8-15-28-23(20)21/h3,5-6,9-13H,2,4,7-8,14-18H2,1H3,(H,24,26). The summed E-state index contributed by atoms with van der Waals surface area (Å²) >= 11 is 0. The second-order valence-corrected chi connectivity index (χ2v) is 7.07. The highest BCUT2D eigenvalue weighted by Gasteiger charge is 2.18. The second kappa shape index (κ2) is 10.7. The van der Waals surface area contributed by atoms with E-state index in [4.69, 9.17) is 9.47 Å². The van der Waals surface area contributed by atoms with Crippen LogP contribution in [0.2, 0.25) is 0 Å². The van der Waals surface area contributed by atoms with Crippen molar-refractivity contribution in [1.29, 1.82) is 0 Å². The Morgan fingerprint density at radius 2 is 1.89 bits per heavy atom. The maximum atomic E-state index is 12.5. The van der Waals surface area contributed by atoms with Crippen LogP contribution in [0.4, 0.5) is 0 Å². The third-order valence-corrected chi connectivity index (χ3v) is 4.76. The summed E-state index contributed by atoms with van der Waals surface area (Å²) in [5.74, 6) is 1.65. The van der Waals surface area contributed by atoms with Crippen LogP contribution in [-0.4, -0.2) is 37.1 Å². The molecule has 2 aromatic carbocycles. The third-order valence-electron chi connectivity index (χ3n) is 4.76. The van der Waals surface area contributed by atoms with E-state index in [2.05, 4.69) is 28.4 Å². The molecule has 0 atom stereocenters. The van der Waals surface area contributed by atoms with E-state index in [1.165, 1.54) is 5.56 Å². The lowest BCUT2D eigenvalue weighted by Gasteiger charge is -2.24. The zero-order chi connectivity index (χ0) is 19.6. The van der Waals surface area contributed by atoms with Gasteiger partial charge in [-0.25, -0.2) is 0 Å². The fourth-order valence-corrected chi connectivity index (χ4v) is 3.43. The van der Waals surface area contributed by atoms with Crippen molar-refractivity contribution in [2.75, 3.05) is 26.3 Å². The van der Waals surface area contributed by atoms with Crippen LogP contribution < -0.4 is 14.8 Å². The molecule has 0 aromatic heterocycles. The number of benzene rings is 2. The number of fused-ring (bicyclic) bond motifs is 1. The first-order valence-electron chi connectivity index (χ1n) is 10.2. The van der Waals surface area contributed by atoms with Gasteiger partial charge in [0.15, 0.2) is 11.5 Å².